The second kappa shape index (κ2) is 5.86. The minimum Gasteiger partial charge on any atom is -0.370 e. The van der Waals surface area contributed by atoms with E-state index in [1.165, 1.54) is 44.1 Å². The molecule has 2 fully saturated rings. The van der Waals surface area contributed by atoms with E-state index >= 15 is 0 Å². The molecule has 0 amide bonds. The highest BCUT2D eigenvalue weighted by Crippen LogP contribution is 2.46. The number of hydrogen-bond acceptors (Lipinski definition) is 1. The summed E-state index contributed by atoms with van der Waals surface area (Å²) < 4.78 is 0. The Balaban J connectivity index is 1.52. The van der Waals surface area contributed by atoms with Gasteiger partial charge < -0.3 is 11.1 Å². The molecule has 3 heteroatoms. The summed E-state index contributed by atoms with van der Waals surface area (Å²) in [7, 11) is 0. The molecule has 108 valence electrons. The van der Waals surface area contributed by atoms with E-state index in [0.717, 1.165) is 17.5 Å². The summed E-state index contributed by atoms with van der Waals surface area (Å²) in [6.07, 6.45) is 8.29. The van der Waals surface area contributed by atoms with Crippen LogP contribution in [0.1, 0.15) is 44.1 Å². The van der Waals surface area contributed by atoms with Gasteiger partial charge in [-0.15, -0.1) is 0 Å². The van der Waals surface area contributed by atoms with Crippen molar-refractivity contribution in [3.8, 4) is 0 Å². The Morgan fingerprint density at radius 1 is 1.15 bits per heavy atom. The Morgan fingerprint density at radius 2 is 1.85 bits per heavy atom. The van der Waals surface area contributed by atoms with Crippen LogP contribution in [0.4, 0.5) is 5.69 Å². The Hall–Kier alpha value is -1.51. The number of nitrogens with zero attached hydrogens (tertiary/aromatic N) is 1. The molecule has 2 aliphatic rings. The molecule has 0 spiro atoms. The van der Waals surface area contributed by atoms with Crippen LogP contribution in [0.3, 0.4) is 0 Å². The molecule has 3 N–H and O–H groups in total. The quantitative estimate of drug-likeness (QED) is 0.650. The number of benzene rings is 1. The first-order valence-electron chi connectivity index (χ1n) is 7.89. The van der Waals surface area contributed by atoms with Crippen LogP contribution in [0.2, 0.25) is 0 Å². The monoisotopic (exact) mass is 271 g/mol. The Morgan fingerprint density at radius 3 is 2.55 bits per heavy atom. The Labute approximate surface area is 121 Å². The van der Waals surface area contributed by atoms with Gasteiger partial charge in [0.25, 0.3) is 0 Å². The average Bonchev–Trinajstić information content (AvgIpc) is 3.21. The smallest absolute Gasteiger partial charge is 0.193 e. The van der Waals surface area contributed by atoms with Crippen molar-refractivity contribution in [2.24, 2.45) is 22.6 Å². The first kappa shape index (κ1) is 13.5. The zero-order chi connectivity index (χ0) is 13.9. The van der Waals surface area contributed by atoms with Gasteiger partial charge in [-0.1, -0.05) is 49.8 Å². The molecule has 1 aromatic rings. The van der Waals surface area contributed by atoms with Crippen LogP contribution >= 0.6 is 0 Å². The van der Waals surface area contributed by atoms with Crippen LogP contribution in [0.5, 0.6) is 0 Å². The zero-order valence-corrected chi connectivity index (χ0v) is 12.3. The van der Waals surface area contributed by atoms with Crippen LogP contribution in [-0.4, -0.2) is 12.0 Å². The largest absolute Gasteiger partial charge is 0.370 e. The lowest BCUT2D eigenvalue weighted by Crippen LogP contribution is -2.23. The summed E-state index contributed by atoms with van der Waals surface area (Å²) in [6, 6.07) is 8.72. The molecular weight excluding hydrogens is 246 g/mol. The summed E-state index contributed by atoms with van der Waals surface area (Å²) >= 11 is 0. The maximum absolute atomic E-state index is 6.02. The minimum atomic E-state index is 0.469. The lowest BCUT2D eigenvalue weighted by molar-refractivity contribution is 0.318. The molecule has 0 radical (unpaired) electrons. The van der Waals surface area contributed by atoms with Gasteiger partial charge in [-0.2, -0.15) is 0 Å². The number of hydrogen-bond donors (Lipinski definition) is 2. The van der Waals surface area contributed by atoms with E-state index in [0.29, 0.717) is 12.0 Å². The van der Waals surface area contributed by atoms with Gasteiger partial charge in [-0.3, -0.25) is 0 Å². The Kier molecular flexibility index (Phi) is 3.95. The first-order chi connectivity index (χ1) is 9.72. The van der Waals surface area contributed by atoms with Crippen LogP contribution in [0.15, 0.2) is 29.3 Å². The lowest BCUT2D eigenvalue weighted by atomic mass is 9.85. The average molecular weight is 271 g/mol. The van der Waals surface area contributed by atoms with Gasteiger partial charge in [-0.25, -0.2) is 4.99 Å². The summed E-state index contributed by atoms with van der Waals surface area (Å²) in [5, 5.41) is 3.19. The van der Waals surface area contributed by atoms with Gasteiger partial charge >= 0.3 is 0 Å². The number of aryl methyl sites for hydroxylation is 1. The van der Waals surface area contributed by atoms with Crippen molar-refractivity contribution in [2.45, 2.75) is 51.5 Å². The second-order valence-corrected chi connectivity index (χ2v) is 6.37. The predicted molar refractivity (Wildman–Crippen MR) is 84.9 cm³/mol. The lowest BCUT2D eigenvalue weighted by Gasteiger charge is -2.21. The van der Waals surface area contributed by atoms with Crippen LogP contribution in [-0.2, 0) is 0 Å². The highest BCUT2D eigenvalue weighted by Gasteiger charge is 2.43. The van der Waals surface area contributed by atoms with Gasteiger partial charge in [0.1, 0.15) is 0 Å². The SMILES string of the molecule is Cc1ccc(NC(N)=NC2CC2C2CCCCC2)cc1. The second-order valence-electron chi connectivity index (χ2n) is 6.37. The molecule has 1 aromatic carbocycles. The van der Waals surface area contributed by atoms with Gasteiger partial charge in [0.05, 0.1) is 6.04 Å². The van der Waals surface area contributed by atoms with Crippen molar-refractivity contribution < 1.29 is 0 Å². The third kappa shape index (κ3) is 3.33. The minimum absolute atomic E-state index is 0.469. The summed E-state index contributed by atoms with van der Waals surface area (Å²) in [6.45, 7) is 2.08. The van der Waals surface area contributed by atoms with E-state index in [2.05, 4.69) is 29.4 Å². The number of nitrogens with two attached hydrogens (primary N) is 1. The van der Waals surface area contributed by atoms with Crippen molar-refractivity contribution in [1.82, 2.24) is 0 Å². The fraction of sp³-hybridized carbons (Fsp3) is 0.588. The van der Waals surface area contributed by atoms with E-state index in [9.17, 15) is 0 Å². The van der Waals surface area contributed by atoms with E-state index in [-0.39, 0.29) is 0 Å². The fourth-order valence-corrected chi connectivity index (χ4v) is 3.41. The van der Waals surface area contributed by atoms with Crippen LogP contribution in [0.25, 0.3) is 0 Å². The molecule has 0 saturated heterocycles. The summed E-state index contributed by atoms with van der Waals surface area (Å²) in [4.78, 5) is 4.65. The Bertz CT molecular complexity index is 472. The van der Waals surface area contributed by atoms with E-state index in [1.807, 2.05) is 12.1 Å². The fourth-order valence-electron chi connectivity index (χ4n) is 3.41. The highest BCUT2D eigenvalue weighted by molar-refractivity contribution is 5.92. The maximum atomic E-state index is 6.02. The van der Waals surface area contributed by atoms with Gasteiger partial charge in [0, 0.05) is 5.69 Å². The van der Waals surface area contributed by atoms with Crippen molar-refractivity contribution in [3.63, 3.8) is 0 Å². The third-order valence-electron chi connectivity index (χ3n) is 4.69. The zero-order valence-electron chi connectivity index (χ0n) is 12.3. The molecular formula is C17H25N3. The van der Waals surface area contributed by atoms with E-state index in [1.54, 1.807) is 0 Å². The number of guanidine groups is 1. The number of anilines is 1. The molecule has 20 heavy (non-hydrogen) atoms. The van der Waals surface area contributed by atoms with E-state index in [4.69, 9.17) is 5.73 Å². The predicted octanol–water partition coefficient (Wildman–Crippen LogP) is 3.69. The number of rotatable bonds is 3. The van der Waals surface area contributed by atoms with Crippen LogP contribution < -0.4 is 11.1 Å². The standard InChI is InChI=1S/C17H25N3/c1-12-7-9-14(10-8-12)19-17(18)20-16-11-15(16)13-5-3-2-4-6-13/h7-10,13,15-16H,2-6,11H2,1H3,(H3,18,19,20). The number of aliphatic imine (C=N–C) groups is 1. The third-order valence-corrected chi connectivity index (χ3v) is 4.69. The van der Waals surface area contributed by atoms with Crippen LogP contribution in [0, 0.1) is 18.8 Å². The molecule has 0 aliphatic heterocycles. The summed E-state index contributed by atoms with van der Waals surface area (Å²) in [5.41, 5.74) is 8.29. The topological polar surface area (TPSA) is 50.4 Å². The molecule has 0 aromatic heterocycles. The molecule has 3 rings (SSSR count). The van der Waals surface area contributed by atoms with Gasteiger partial charge in [-0.05, 0) is 37.3 Å². The van der Waals surface area contributed by atoms with Gasteiger partial charge in [0.2, 0.25) is 0 Å². The van der Waals surface area contributed by atoms with Crippen molar-refractivity contribution >= 4 is 11.6 Å². The number of nitrogens with one attached hydrogen (secondary N) is 1. The van der Waals surface area contributed by atoms with Gasteiger partial charge in [0.15, 0.2) is 5.96 Å². The highest BCUT2D eigenvalue weighted by atomic mass is 15.1. The molecule has 2 aliphatic carbocycles. The first-order valence-corrected chi connectivity index (χ1v) is 7.89. The molecule has 3 nitrogen and oxygen atoms in total. The molecule has 0 bridgehead atoms. The summed E-state index contributed by atoms with van der Waals surface area (Å²) in [5.74, 6) is 2.27. The molecule has 2 unspecified atom stereocenters. The van der Waals surface area contributed by atoms with Crippen molar-refractivity contribution in [3.05, 3.63) is 29.8 Å². The van der Waals surface area contributed by atoms with E-state index < -0.39 is 0 Å². The maximum Gasteiger partial charge on any atom is 0.193 e. The van der Waals surface area contributed by atoms with Crippen molar-refractivity contribution in [2.75, 3.05) is 5.32 Å². The molecule has 2 saturated carbocycles. The normalized spacial score (nSPS) is 27.4. The van der Waals surface area contributed by atoms with Crippen molar-refractivity contribution in [1.29, 1.82) is 0 Å². The molecule has 0 heterocycles. The molecule has 2 atom stereocenters.